The van der Waals surface area contributed by atoms with Crippen molar-refractivity contribution in [3.8, 4) is 17.1 Å². The highest BCUT2D eigenvalue weighted by molar-refractivity contribution is 5.93. The summed E-state index contributed by atoms with van der Waals surface area (Å²) < 4.78 is 5.33. The molecule has 0 saturated heterocycles. The predicted molar refractivity (Wildman–Crippen MR) is 92.5 cm³/mol. The molecule has 8 nitrogen and oxygen atoms in total. The number of aromatic amines is 1. The number of aromatic nitrogens is 4. The van der Waals surface area contributed by atoms with Gasteiger partial charge in [-0.05, 0) is 19.1 Å². The molecule has 0 bridgehead atoms. The lowest BCUT2D eigenvalue weighted by Gasteiger charge is -2.07. The second-order valence-corrected chi connectivity index (χ2v) is 5.48. The summed E-state index contributed by atoms with van der Waals surface area (Å²) in [5.74, 6) is -0.110. The highest BCUT2D eigenvalue weighted by Gasteiger charge is 2.08. The molecule has 0 saturated carbocycles. The Balaban J connectivity index is 1.88. The van der Waals surface area contributed by atoms with Gasteiger partial charge in [0, 0.05) is 35.7 Å². The van der Waals surface area contributed by atoms with Crippen LogP contribution in [0, 0.1) is 0 Å². The van der Waals surface area contributed by atoms with Crippen molar-refractivity contribution in [2.75, 3.05) is 6.61 Å². The number of carbonyl (C=O) groups is 1. The van der Waals surface area contributed by atoms with Gasteiger partial charge >= 0.3 is 0 Å². The number of primary amides is 1. The quantitative estimate of drug-likeness (QED) is 0.581. The number of nitrogens with two attached hydrogens (primary N) is 1. The van der Waals surface area contributed by atoms with Crippen molar-refractivity contribution in [1.29, 1.82) is 0 Å². The molecule has 3 rings (SSSR count). The van der Waals surface area contributed by atoms with E-state index in [2.05, 4.69) is 19.9 Å². The van der Waals surface area contributed by atoms with Crippen LogP contribution in [-0.2, 0) is 4.79 Å². The molecule has 25 heavy (non-hydrogen) atoms. The van der Waals surface area contributed by atoms with E-state index in [-0.39, 0.29) is 6.61 Å². The maximum absolute atomic E-state index is 10.9. The molecule has 8 heteroatoms. The molecule has 0 aliphatic heterocycles. The number of ether oxygens (including phenoxy) is 1. The van der Waals surface area contributed by atoms with Crippen LogP contribution < -0.4 is 10.5 Å². The van der Waals surface area contributed by atoms with Crippen LogP contribution in [-0.4, -0.2) is 43.7 Å². The van der Waals surface area contributed by atoms with Crippen LogP contribution in [0.3, 0.4) is 0 Å². The predicted octanol–water partition coefficient (Wildman–Crippen LogP) is 1.28. The van der Waals surface area contributed by atoms with E-state index in [1.54, 1.807) is 37.7 Å². The zero-order valence-corrected chi connectivity index (χ0v) is 13.5. The fourth-order valence-electron chi connectivity index (χ4n) is 2.17. The zero-order valence-electron chi connectivity index (χ0n) is 13.5. The Labute approximate surface area is 143 Å². The van der Waals surface area contributed by atoms with Gasteiger partial charge < -0.3 is 20.6 Å². The molecule has 0 aliphatic carbocycles. The van der Waals surface area contributed by atoms with E-state index in [0.717, 1.165) is 5.56 Å². The lowest BCUT2D eigenvalue weighted by Crippen LogP contribution is -2.13. The first-order chi connectivity index (χ1) is 12.0. The summed E-state index contributed by atoms with van der Waals surface area (Å²) in [6.45, 7) is 1.82. The van der Waals surface area contributed by atoms with Crippen molar-refractivity contribution >= 4 is 23.1 Å². The molecule has 0 unspecified atom stereocenters. The van der Waals surface area contributed by atoms with E-state index in [9.17, 15) is 9.90 Å². The lowest BCUT2D eigenvalue weighted by molar-refractivity contribution is -0.113. The molecular formula is C17H17N5O3. The van der Waals surface area contributed by atoms with Gasteiger partial charge in [-0.3, -0.25) is 4.79 Å². The summed E-state index contributed by atoms with van der Waals surface area (Å²) in [4.78, 5) is 27.0. The minimum Gasteiger partial charge on any atom is -0.475 e. The largest absolute Gasteiger partial charge is 0.475 e. The molecule has 1 atom stereocenters. The number of pyridine rings is 1. The van der Waals surface area contributed by atoms with E-state index in [1.807, 2.05) is 6.07 Å². The summed E-state index contributed by atoms with van der Waals surface area (Å²) in [6.07, 6.45) is 7.26. The molecule has 0 aliphatic rings. The van der Waals surface area contributed by atoms with Gasteiger partial charge in [0.15, 0.2) is 5.65 Å². The summed E-state index contributed by atoms with van der Waals surface area (Å²) in [5.41, 5.74) is 8.48. The van der Waals surface area contributed by atoms with Gasteiger partial charge in [0.2, 0.25) is 11.8 Å². The van der Waals surface area contributed by atoms with Crippen molar-refractivity contribution in [3.63, 3.8) is 0 Å². The molecular weight excluding hydrogens is 322 g/mol. The summed E-state index contributed by atoms with van der Waals surface area (Å²) in [5, 5.41) is 9.22. The normalized spacial score (nSPS) is 12.6. The molecule has 0 radical (unpaired) electrons. The zero-order chi connectivity index (χ0) is 17.8. The van der Waals surface area contributed by atoms with E-state index < -0.39 is 12.0 Å². The number of aliphatic hydroxyl groups excluding tert-OH is 1. The highest BCUT2D eigenvalue weighted by Crippen LogP contribution is 2.22. The summed E-state index contributed by atoms with van der Waals surface area (Å²) >= 11 is 0. The second kappa shape index (κ2) is 7.10. The van der Waals surface area contributed by atoms with Crippen LogP contribution >= 0.6 is 0 Å². The summed E-state index contributed by atoms with van der Waals surface area (Å²) in [6, 6.07) is 3.51. The van der Waals surface area contributed by atoms with Crippen LogP contribution in [0.4, 0.5) is 0 Å². The maximum Gasteiger partial charge on any atom is 0.241 e. The first-order valence-corrected chi connectivity index (χ1v) is 7.62. The Morgan fingerprint density at radius 2 is 2.24 bits per heavy atom. The van der Waals surface area contributed by atoms with Gasteiger partial charge in [-0.15, -0.1) is 0 Å². The monoisotopic (exact) mass is 339 g/mol. The number of rotatable bonds is 6. The Kier molecular flexibility index (Phi) is 4.71. The number of nitrogens with one attached hydrogen (secondary N) is 1. The Morgan fingerprint density at radius 1 is 1.40 bits per heavy atom. The van der Waals surface area contributed by atoms with E-state index in [1.165, 1.54) is 6.08 Å². The fourth-order valence-corrected chi connectivity index (χ4v) is 2.17. The third-order valence-corrected chi connectivity index (χ3v) is 3.34. The summed E-state index contributed by atoms with van der Waals surface area (Å²) in [7, 11) is 0. The number of hydrogen-bond donors (Lipinski definition) is 3. The molecule has 1 amide bonds. The molecule has 3 aromatic heterocycles. The molecule has 3 aromatic rings. The topological polar surface area (TPSA) is 127 Å². The van der Waals surface area contributed by atoms with Gasteiger partial charge in [-0.25, -0.2) is 15.0 Å². The first-order valence-electron chi connectivity index (χ1n) is 7.62. The van der Waals surface area contributed by atoms with E-state index >= 15 is 0 Å². The van der Waals surface area contributed by atoms with E-state index in [4.69, 9.17) is 10.5 Å². The first kappa shape index (κ1) is 16.6. The standard InChI is InChI=1S/C17H17N5O3/c1-10(23)9-25-15-5-3-11(6-19-15)13-8-21-17-16(22-13)12(7-20-17)2-4-14(18)24/h2-8,10,23H,9H2,1H3,(H2,18,24)(H,20,21)/t10-/m1/s1. The van der Waals surface area contributed by atoms with E-state index in [0.29, 0.717) is 28.3 Å². The number of amides is 1. The van der Waals surface area contributed by atoms with Gasteiger partial charge in [0.1, 0.15) is 12.1 Å². The maximum atomic E-state index is 10.9. The second-order valence-electron chi connectivity index (χ2n) is 5.48. The van der Waals surface area contributed by atoms with Crippen molar-refractivity contribution < 1.29 is 14.6 Å². The highest BCUT2D eigenvalue weighted by atomic mass is 16.5. The van der Waals surface area contributed by atoms with Crippen LogP contribution in [0.1, 0.15) is 12.5 Å². The smallest absolute Gasteiger partial charge is 0.241 e. The average molecular weight is 339 g/mol. The van der Waals surface area contributed by atoms with Crippen molar-refractivity contribution in [3.05, 3.63) is 42.4 Å². The van der Waals surface area contributed by atoms with Crippen LogP contribution in [0.5, 0.6) is 5.88 Å². The molecule has 0 aromatic carbocycles. The van der Waals surface area contributed by atoms with Crippen LogP contribution in [0.25, 0.3) is 28.5 Å². The number of nitrogens with zero attached hydrogens (tertiary/aromatic N) is 3. The van der Waals surface area contributed by atoms with Gasteiger partial charge in [0.05, 0.1) is 18.0 Å². The molecule has 128 valence electrons. The fraction of sp³-hybridized carbons (Fsp3) is 0.176. The van der Waals surface area contributed by atoms with Crippen molar-refractivity contribution in [2.45, 2.75) is 13.0 Å². The molecule has 0 spiro atoms. The molecule has 4 N–H and O–H groups in total. The minimum atomic E-state index is -0.560. The number of carbonyl (C=O) groups excluding carboxylic acids is 1. The number of aliphatic hydroxyl groups is 1. The average Bonchev–Trinajstić information content (AvgIpc) is 3.01. The van der Waals surface area contributed by atoms with Crippen molar-refractivity contribution in [1.82, 2.24) is 19.9 Å². The third kappa shape index (κ3) is 3.99. The van der Waals surface area contributed by atoms with Crippen LogP contribution in [0.15, 0.2) is 36.8 Å². The lowest BCUT2D eigenvalue weighted by atomic mass is 10.2. The van der Waals surface area contributed by atoms with Gasteiger partial charge in [-0.2, -0.15) is 0 Å². The Hall–Kier alpha value is -3.26. The number of hydrogen-bond acceptors (Lipinski definition) is 6. The molecule has 0 fully saturated rings. The van der Waals surface area contributed by atoms with Crippen molar-refractivity contribution in [2.24, 2.45) is 5.73 Å². The van der Waals surface area contributed by atoms with Crippen LogP contribution in [0.2, 0.25) is 0 Å². The van der Waals surface area contributed by atoms with Gasteiger partial charge in [-0.1, -0.05) is 0 Å². The third-order valence-electron chi connectivity index (χ3n) is 3.34. The minimum absolute atomic E-state index is 0.178. The Bertz CT molecular complexity index is 916. The SMILES string of the molecule is C[C@@H](O)COc1ccc(-c2cnc3[nH]cc(C=CC(N)=O)c3n2)cn1. The Morgan fingerprint density at radius 3 is 2.92 bits per heavy atom. The number of fused-ring (bicyclic) bond motifs is 1. The number of H-pyrrole nitrogens is 1. The molecule has 3 heterocycles. The van der Waals surface area contributed by atoms with Gasteiger partial charge in [0.25, 0.3) is 0 Å².